The highest BCUT2D eigenvalue weighted by Crippen LogP contribution is 2.30. The molecule has 2 aromatic carbocycles. The van der Waals surface area contributed by atoms with Crippen LogP contribution in [0.3, 0.4) is 0 Å². The summed E-state index contributed by atoms with van der Waals surface area (Å²) in [5, 5.41) is 1.42. The summed E-state index contributed by atoms with van der Waals surface area (Å²) in [5.74, 6) is 1.61. The molecule has 0 heterocycles. The molecule has 0 N–H and O–H groups in total. The van der Waals surface area contributed by atoms with E-state index in [0.717, 1.165) is 22.6 Å². The van der Waals surface area contributed by atoms with Crippen molar-refractivity contribution in [3.05, 3.63) is 57.6 Å². The Morgan fingerprint density at radius 3 is 1.53 bits per heavy atom. The van der Waals surface area contributed by atoms with Gasteiger partial charge in [0.1, 0.15) is 11.5 Å². The molecule has 0 aliphatic heterocycles. The number of rotatable bonds is 2. The van der Waals surface area contributed by atoms with Crippen LogP contribution in [0.1, 0.15) is 11.1 Å². The van der Waals surface area contributed by atoms with E-state index in [1.54, 1.807) is 0 Å². The first-order chi connectivity index (χ1) is 8.06. The van der Waals surface area contributed by atoms with Gasteiger partial charge in [0.25, 0.3) is 0 Å². The molecule has 2 rings (SSSR count). The molecular formula is C14H12Cl2O. The highest BCUT2D eigenvalue weighted by molar-refractivity contribution is 6.31. The molecule has 0 aromatic heterocycles. The maximum absolute atomic E-state index is 5.90. The van der Waals surface area contributed by atoms with Crippen molar-refractivity contribution >= 4 is 23.2 Å². The SMILES string of the molecule is Cc1cc(Cl)ccc1Oc1ccc(Cl)cc1C. The van der Waals surface area contributed by atoms with Crippen molar-refractivity contribution in [3.8, 4) is 11.5 Å². The van der Waals surface area contributed by atoms with Crippen molar-refractivity contribution < 1.29 is 4.74 Å². The fraction of sp³-hybridized carbons (Fsp3) is 0.143. The summed E-state index contributed by atoms with van der Waals surface area (Å²) in [5.41, 5.74) is 2.01. The van der Waals surface area contributed by atoms with Gasteiger partial charge in [-0.05, 0) is 61.4 Å². The lowest BCUT2D eigenvalue weighted by Crippen LogP contribution is -1.89. The Kier molecular flexibility index (Phi) is 3.60. The van der Waals surface area contributed by atoms with E-state index < -0.39 is 0 Å². The van der Waals surface area contributed by atoms with Gasteiger partial charge in [0, 0.05) is 10.0 Å². The number of aryl methyl sites for hydroxylation is 2. The average molecular weight is 267 g/mol. The molecule has 2 aromatic rings. The summed E-state index contributed by atoms with van der Waals surface area (Å²) in [6.45, 7) is 3.93. The van der Waals surface area contributed by atoms with E-state index in [2.05, 4.69) is 0 Å². The van der Waals surface area contributed by atoms with Crippen LogP contribution in [-0.4, -0.2) is 0 Å². The van der Waals surface area contributed by atoms with Gasteiger partial charge in [-0.25, -0.2) is 0 Å². The molecule has 1 nitrogen and oxygen atoms in total. The monoisotopic (exact) mass is 266 g/mol. The Hall–Kier alpha value is -1.18. The van der Waals surface area contributed by atoms with Crippen molar-refractivity contribution in [3.63, 3.8) is 0 Å². The third-order valence-electron chi connectivity index (χ3n) is 2.49. The predicted molar refractivity (Wildman–Crippen MR) is 72.5 cm³/mol. The molecule has 0 unspecified atom stereocenters. The van der Waals surface area contributed by atoms with Crippen LogP contribution in [0.5, 0.6) is 11.5 Å². The van der Waals surface area contributed by atoms with Crippen LogP contribution in [0.25, 0.3) is 0 Å². The van der Waals surface area contributed by atoms with Crippen molar-refractivity contribution in [2.45, 2.75) is 13.8 Å². The van der Waals surface area contributed by atoms with Crippen molar-refractivity contribution in [1.82, 2.24) is 0 Å². The standard InChI is InChI=1S/C14H12Cl2O/c1-9-7-11(15)3-5-13(9)17-14-6-4-12(16)8-10(14)2/h3-8H,1-2H3. The van der Waals surface area contributed by atoms with Crippen LogP contribution in [0.4, 0.5) is 0 Å². The minimum Gasteiger partial charge on any atom is -0.457 e. The molecule has 0 fully saturated rings. The van der Waals surface area contributed by atoms with E-state index in [1.807, 2.05) is 50.2 Å². The maximum Gasteiger partial charge on any atom is 0.130 e. The number of hydrogen-bond acceptors (Lipinski definition) is 1. The largest absolute Gasteiger partial charge is 0.457 e. The van der Waals surface area contributed by atoms with Crippen LogP contribution in [0.2, 0.25) is 10.0 Å². The molecule has 0 saturated carbocycles. The minimum absolute atomic E-state index is 0.711. The van der Waals surface area contributed by atoms with Crippen LogP contribution < -0.4 is 4.74 Å². The van der Waals surface area contributed by atoms with Gasteiger partial charge in [0.2, 0.25) is 0 Å². The summed E-state index contributed by atoms with van der Waals surface area (Å²) >= 11 is 11.8. The third-order valence-corrected chi connectivity index (χ3v) is 2.96. The molecule has 0 amide bonds. The predicted octanol–water partition coefficient (Wildman–Crippen LogP) is 5.40. The maximum atomic E-state index is 5.90. The Labute approximate surface area is 111 Å². The third kappa shape index (κ3) is 2.93. The summed E-state index contributed by atoms with van der Waals surface area (Å²) < 4.78 is 5.83. The molecule has 0 aliphatic carbocycles. The number of ether oxygens (including phenoxy) is 1. The van der Waals surface area contributed by atoms with Crippen molar-refractivity contribution in [2.24, 2.45) is 0 Å². The van der Waals surface area contributed by atoms with Crippen LogP contribution in [0, 0.1) is 13.8 Å². The number of halogens is 2. The molecule has 88 valence electrons. The lowest BCUT2D eigenvalue weighted by atomic mass is 10.2. The van der Waals surface area contributed by atoms with E-state index in [0.29, 0.717) is 10.0 Å². The zero-order chi connectivity index (χ0) is 12.4. The molecule has 0 bridgehead atoms. The second-order valence-electron chi connectivity index (χ2n) is 3.92. The second kappa shape index (κ2) is 4.99. The van der Waals surface area contributed by atoms with E-state index in [-0.39, 0.29) is 0 Å². The Bertz CT molecular complexity index is 500. The fourth-order valence-electron chi connectivity index (χ4n) is 1.57. The van der Waals surface area contributed by atoms with Gasteiger partial charge in [-0.1, -0.05) is 23.2 Å². The van der Waals surface area contributed by atoms with E-state index in [1.165, 1.54) is 0 Å². The van der Waals surface area contributed by atoms with Gasteiger partial charge in [-0.15, -0.1) is 0 Å². The summed E-state index contributed by atoms with van der Waals surface area (Å²) in [7, 11) is 0. The molecule has 0 radical (unpaired) electrons. The zero-order valence-electron chi connectivity index (χ0n) is 9.63. The van der Waals surface area contributed by atoms with Gasteiger partial charge in [-0.2, -0.15) is 0 Å². The summed E-state index contributed by atoms with van der Waals surface area (Å²) in [4.78, 5) is 0. The van der Waals surface area contributed by atoms with Crippen molar-refractivity contribution in [2.75, 3.05) is 0 Å². The molecule has 0 saturated heterocycles. The first-order valence-corrected chi connectivity index (χ1v) is 6.02. The van der Waals surface area contributed by atoms with Crippen LogP contribution in [0.15, 0.2) is 36.4 Å². The summed E-state index contributed by atoms with van der Waals surface area (Å²) in [6.07, 6.45) is 0. The topological polar surface area (TPSA) is 9.23 Å². The van der Waals surface area contributed by atoms with E-state index in [9.17, 15) is 0 Å². The molecule has 0 atom stereocenters. The highest BCUT2D eigenvalue weighted by atomic mass is 35.5. The minimum atomic E-state index is 0.711. The normalized spacial score (nSPS) is 10.4. The number of hydrogen-bond donors (Lipinski definition) is 0. The lowest BCUT2D eigenvalue weighted by molar-refractivity contribution is 0.475. The van der Waals surface area contributed by atoms with Gasteiger partial charge in [-0.3, -0.25) is 0 Å². The zero-order valence-corrected chi connectivity index (χ0v) is 11.1. The first-order valence-electron chi connectivity index (χ1n) is 5.26. The lowest BCUT2D eigenvalue weighted by Gasteiger charge is -2.11. The Morgan fingerprint density at radius 2 is 1.18 bits per heavy atom. The van der Waals surface area contributed by atoms with Gasteiger partial charge in [0.05, 0.1) is 0 Å². The molecule has 17 heavy (non-hydrogen) atoms. The molecule has 3 heteroatoms. The molecule has 0 spiro atoms. The smallest absolute Gasteiger partial charge is 0.130 e. The fourth-order valence-corrected chi connectivity index (χ4v) is 2.03. The number of benzene rings is 2. The summed E-state index contributed by atoms with van der Waals surface area (Å²) in [6, 6.07) is 11.1. The molecular weight excluding hydrogens is 255 g/mol. The van der Waals surface area contributed by atoms with Crippen LogP contribution >= 0.6 is 23.2 Å². The van der Waals surface area contributed by atoms with Gasteiger partial charge in [0.15, 0.2) is 0 Å². The van der Waals surface area contributed by atoms with E-state index in [4.69, 9.17) is 27.9 Å². The Balaban J connectivity index is 2.31. The second-order valence-corrected chi connectivity index (χ2v) is 4.79. The van der Waals surface area contributed by atoms with E-state index >= 15 is 0 Å². The van der Waals surface area contributed by atoms with Crippen molar-refractivity contribution in [1.29, 1.82) is 0 Å². The average Bonchev–Trinajstić information content (AvgIpc) is 2.25. The quantitative estimate of drug-likeness (QED) is 0.707. The molecule has 0 aliphatic rings. The van der Waals surface area contributed by atoms with Gasteiger partial charge >= 0.3 is 0 Å². The first kappa shape index (κ1) is 12.3. The van der Waals surface area contributed by atoms with Gasteiger partial charge < -0.3 is 4.74 Å². The Morgan fingerprint density at radius 1 is 0.765 bits per heavy atom. The van der Waals surface area contributed by atoms with Crippen LogP contribution in [-0.2, 0) is 0 Å². The highest BCUT2D eigenvalue weighted by Gasteiger charge is 2.05.